The van der Waals surface area contributed by atoms with Gasteiger partial charge in [-0.15, -0.1) is 0 Å². The number of sulfonamides is 1. The first-order valence-electron chi connectivity index (χ1n) is 12.6. The third-order valence-electron chi connectivity index (χ3n) is 6.66. The molecule has 0 aromatic heterocycles. The van der Waals surface area contributed by atoms with Gasteiger partial charge in [-0.05, 0) is 73.4 Å². The van der Waals surface area contributed by atoms with Gasteiger partial charge < -0.3 is 14.2 Å². The molecule has 0 spiro atoms. The molecule has 0 saturated carbocycles. The molecule has 1 heterocycles. The van der Waals surface area contributed by atoms with Gasteiger partial charge in [-0.25, -0.2) is 12.8 Å². The van der Waals surface area contributed by atoms with E-state index in [1.807, 2.05) is 6.92 Å². The van der Waals surface area contributed by atoms with Crippen LogP contribution in [0.4, 0.5) is 18.9 Å². The molecule has 0 N–H and O–H groups in total. The van der Waals surface area contributed by atoms with Gasteiger partial charge in [0.15, 0.2) is 0 Å². The molecule has 3 aromatic carbocycles. The van der Waals surface area contributed by atoms with E-state index in [0.29, 0.717) is 35.5 Å². The van der Waals surface area contributed by atoms with Gasteiger partial charge in [-0.2, -0.15) is 8.78 Å². The predicted octanol–water partition coefficient (Wildman–Crippen LogP) is 7.85. The Labute approximate surface area is 242 Å². The van der Waals surface area contributed by atoms with Crippen molar-refractivity contribution in [2.75, 3.05) is 18.0 Å². The first kappa shape index (κ1) is 30.3. The van der Waals surface area contributed by atoms with E-state index in [4.69, 9.17) is 21.1 Å². The number of methoxy groups -OCH3 is 1. The van der Waals surface area contributed by atoms with Crippen molar-refractivity contribution in [2.24, 2.45) is 0 Å². The van der Waals surface area contributed by atoms with E-state index in [1.165, 1.54) is 41.7 Å². The molecule has 0 aliphatic carbocycles. The maximum Gasteiger partial charge on any atom is 0.387 e. The molecule has 0 fully saturated rings. The second-order valence-electron chi connectivity index (χ2n) is 9.51. The van der Waals surface area contributed by atoms with E-state index < -0.39 is 28.6 Å². The number of rotatable bonds is 10. The van der Waals surface area contributed by atoms with Crippen molar-refractivity contribution in [1.82, 2.24) is 0 Å². The van der Waals surface area contributed by atoms with Crippen molar-refractivity contribution in [3.8, 4) is 11.5 Å². The van der Waals surface area contributed by atoms with Crippen molar-refractivity contribution in [1.29, 1.82) is 0 Å². The fourth-order valence-electron chi connectivity index (χ4n) is 4.55. The summed E-state index contributed by atoms with van der Waals surface area (Å²) in [5, 5.41) is 0.244. The van der Waals surface area contributed by atoms with Crippen molar-refractivity contribution < 1.29 is 35.8 Å². The van der Waals surface area contributed by atoms with Gasteiger partial charge in [0, 0.05) is 18.1 Å². The van der Waals surface area contributed by atoms with Crippen LogP contribution in [-0.2, 0) is 14.8 Å². The van der Waals surface area contributed by atoms with Crippen molar-refractivity contribution in [2.45, 2.75) is 44.3 Å². The SMILES string of the molecule is C=C(CC[C@H]1CN(S(=O)(=O)c2cccc(OC(F)F)c2)c2cc(/C=C(\C)c3c(F)cccc3Cl)c(C)cc2O1)OC. The van der Waals surface area contributed by atoms with Crippen LogP contribution in [0.3, 0.4) is 0 Å². The highest BCUT2D eigenvalue weighted by Gasteiger charge is 2.35. The molecule has 218 valence electrons. The summed E-state index contributed by atoms with van der Waals surface area (Å²) in [5.41, 5.74) is 2.39. The molecule has 1 atom stereocenters. The normalized spacial score (nSPS) is 15.4. The fourth-order valence-corrected chi connectivity index (χ4v) is 6.40. The second-order valence-corrected chi connectivity index (χ2v) is 11.8. The molecule has 6 nitrogen and oxygen atoms in total. The third-order valence-corrected chi connectivity index (χ3v) is 8.75. The zero-order valence-corrected chi connectivity index (χ0v) is 24.2. The third kappa shape index (κ3) is 6.82. The number of fused-ring (bicyclic) bond motifs is 1. The van der Waals surface area contributed by atoms with E-state index in [1.54, 1.807) is 31.2 Å². The topological polar surface area (TPSA) is 65.1 Å². The number of halogens is 4. The van der Waals surface area contributed by atoms with E-state index in [9.17, 15) is 21.6 Å². The smallest absolute Gasteiger partial charge is 0.387 e. The first-order chi connectivity index (χ1) is 19.4. The maximum atomic E-state index is 14.6. The van der Waals surface area contributed by atoms with E-state index in [0.717, 1.165) is 11.6 Å². The van der Waals surface area contributed by atoms with Gasteiger partial charge >= 0.3 is 6.61 Å². The molecule has 4 rings (SSSR count). The van der Waals surface area contributed by atoms with Crippen LogP contribution in [0.15, 0.2) is 71.8 Å². The Morgan fingerprint density at radius 2 is 1.95 bits per heavy atom. The molecule has 11 heteroatoms. The average molecular weight is 608 g/mol. The quantitative estimate of drug-likeness (QED) is 0.173. The minimum atomic E-state index is -4.26. The maximum absolute atomic E-state index is 14.6. The van der Waals surface area contributed by atoms with Gasteiger partial charge in [0.05, 0.1) is 35.0 Å². The Morgan fingerprint density at radius 3 is 2.63 bits per heavy atom. The van der Waals surface area contributed by atoms with Crippen LogP contribution in [0.2, 0.25) is 5.02 Å². The monoisotopic (exact) mass is 607 g/mol. The van der Waals surface area contributed by atoms with E-state index >= 15 is 0 Å². The van der Waals surface area contributed by atoms with Crippen molar-refractivity contribution >= 4 is 39.0 Å². The zero-order valence-electron chi connectivity index (χ0n) is 22.7. The molecule has 0 radical (unpaired) electrons. The number of hydrogen-bond donors (Lipinski definition) is 0. The Bertz CT molecular complexity index is 1570. The Hall–Kier alpha value is -3.63. The summed E-state index contributed by atoms with van der Waals surface area (Å²) in [7, 11) is -2.76. The molecular weight excluding hydrogens is 579 g/mol. The van der Waals surface area contributed by atoms with Gasteiger partial charge in [0.1, 0.15) is 23.4 Å². The summed E-state index contributed by atoms with van der Waals surface area (Å²) in [6.45, 7) is 4.18. The summed E-state index contributed by atoms with van der Waals surface area (Å²) in [6, 6.07) is 12.7. The number of alkyl halides is 2. The van der Waals surface area contributed by atoms with Gasteiger partial charge in [-0.1, -0.05) is 36.4 Å². The van der Waals surface area contributed by atoms with Crippen LogP contribution in [-0.4, -0.2) is 34.8 Å². The first-order valence-corrected chi connectivity index (χ1v) is 14.5. The van der Waals surface area contributed by atoms with Crippen LogP contribution < -0.4 is 13.8 Å². The largest absolute Gasteiger partial charge is 0.502 e. The molecule has 1 aliphatic heterocycles. The van der Waals surface area contributed by atoms with Crippen LogP contribution in [0.5, 0.6) is 11.5 Å². The Balaban J connectivity index is 1.81. The molecule has 0 bridgehead atoms. The van der Waals surface area contributed by atoms with Crippen molar-refractivity contribution in [3.05, 3.63) is 94.5 Å². The predicted molar refractivity (Wildman–Crippen MR) is 154 cm³/mol. The van der Waals surface area contributed by atoms with Crippen LogP contribution >= 0.6 is 11.6 Å². The van der Waals surface area contributed by atoms with Gasteiger partial charge in [0.2, 0.25) is 0 Å². The number of anilines is 1. The average Bonchev–Trinajstić information content (AvgIpc) is 2.91. The van der Waals surface area contributed by atoms with Gasteiger partial charge in [0.25, 0.3) is 10.0 Å². The minimum Gasteiger partial charge on any atom is -0.502 e. The van der Waals surface area contributed by atoms with Crippen LogP contribution in [0.1, 0.15) is 36.5 Å². The highest BCUT2D eigenvalue weighted by Crippen LogP contribution is 2.41. The molecule has 0 saturated heterocycles. The van der Waals surface area contributed by atoms with Crippen LogP contribution in [0, 0.1) is 12.7 Å². The standard InChI is InChI=1S/C30H29ClF3NO5S/c1-18-14-28-27(15-21(18)13-19(2)29-25(31)9-6-10-26(29)32)35(17-23(39-28)12-11-20(3)38-4)41(36,37)24-8-5-7-22(16-24)40-30(33)34/h5-10,13-16,23,30H,3,11-12,17H2,1-2,4H3/b19-13+/t23-/m0/s1. The van der Waals surface area contributed by atoms with Gasteiger partial charge in [-0.3, -0.25) is 4.31 Å². The molecule has 0 unspecified atom stereocenters. The highest BCUT2D eigenvalue weighted by atomic mass is 35.5. The number of hydrogen-bond acceptors (Lipinski definition) is 5. The summed E-state index contributed by atoms with van der Waals surface area (Å²) < 4.78 is 85.1. The Kier molecular flexibility index (Phi) is 9.24. The van der Waals surface area contributed by atoms with Crippen LogP contribution in [0.25, 0.3) is 11.6 Å². The summed E-state index contributed by atoms with van der Waals surface area (Å²) in [5.74, 6) is 0.0712. The minimum absolute atomic E-state index is 0.0589. The lowest BCUT2D eigenvalue weighted by Gasteiger charge is -2.36. The Morgan fingerprint density at radius 1 is 1.22 bits per heavy atom. The molecule has 41 heavy (non-hydrogen) atoms. The lowest BCUT2D eigenvalue weighted by molar-refractivity contribution is -0.0499. The number of nitrogens with zero attached hydrogens (tertiary/aromatic N) is 1. The summed E-state index contributed by atoms with van der Waals surface area (Å²) in [6.07, 6.45) is 2.02. The number of benzene rings is 3. The molecular formula is C30H29ClF3NO5S. The zero-order chi connectivity index (χ0) is 29.9. The highest BCUT2D eigenvalue weighted by molar-refractivity contribution is 7.92. The summed E-state index contributed by atoms with van der Waals surface area (Å²) >= 11 is 6.26. The molecule has 0 amide bonds. The second kappa shape index (κ2) is 12.5. The number of allylic oxidation sites excluding steroid dienone is 2. The lowest BCUT2D eigenvalue weighted by atomic mass is 9.99. The molecule has 1 aliphatic rings. The molecule has 3 aromatic rings. The van der Waals surface area contributed by atoms with E-state index in [-0.39, 0.29) is 33.5 Å². The lowest BCUT2D eigenvalue weighted by Crippen LogP contribution is -2.43. The van der Waals surface area contributed by atoms with Crippen molar-refractivity contribution in [3.63, 3.8) is 0 Å². The number of aryl methyl sites for hydroxylation is 1. The van der Waals surface area contributed by atoms with E-state index in [2.05, 4.69) is 11.3 Å². The summed E-state index contributed by atoms with van der Waals surface area (Å²) in [4.78, 5) is -0.226. The number of ether oxygens (including phenoxy) is 3. The fraction of sp³-hybridized carbons (Fsp3) is 0.267.